The number of rotatable bonds is 9. The second-order valence-electron chi connectivity index (χ2n) is 9.48. The van der Waals surface area contributed by atoms with E-state index in [2.05, 4.69) is 96.0 Å². The minimum Gasteiger partial charge on any atom is -0.496 e. The number of thioether (sulfide) groups is 1. The molecule has 0 unspecified atom stereocenters. The van der Waals surface area contributed by atoms with Crippen LogP contribution in [-0.2, 0) is 6.54 Å². The number of hydrogen-bond donors (Lipinski definition) is 1. The van der Waals surface area contributed by atoms with E-state index in [0.29, 0.717) is 23.9 Å². The third-order valence-electron chi connectivity index (χ3n) is 7.62. The number of halogens is 1. The van der Waals surface area contributed by atoms with Crippen LogP contribution in [0.1, 0.15) is 42.4 Å². The minimum absolute atomic E-state index is 0. The second kappa shape index (κ2) is 12.3. The first-order valence-electron chi connectivity index (χ1n) is 12.7. The molecule has 3 nitrogen and oxygen atoms in total. The van der Waals surface area contributed by atoms with Gasteiger partial charge in [-0.15, -0.1) is 24.2 Å². The predicted octanol–water partition coefficient (Wildman–Crippen LogP) is 6.61. The molecule has 6 rings (SSSR count). The first-order valence-corrected chi connectivity index (χ1v) is 13.6. The number of hydrogen-bond acceptors (Lipinski definition) is 4. The van der Waals surface area contributed by atoms with Gasteiger partial charge in [0, 0.05) is 35.0 Å². The van der Waals surface area contributed by atoms with Crippen molar-refractivity contribution in [3.8, 4) is 5.75 Å². The van der Waals surface area contributed by atoms with Crippen LogP contribution >= 0.6 is 24.2 Å². The van der Waals surface area contributed by atoms with Gasteiger partial charge in [-0.2, -0.15) is 0 Å². The molecule has 35 heavy (non-hydrogen) atoms. The van der Waals surface area contributed by atoms with Crippen molar-refractivity contribution in [3.63, 3.8) is 0 Å². The number of fused-ring (bicyclic) bond motifs is 3. The molecule has 5 heteroatoms. The Hall–Kier alpha value is -1.98. The molecule has 1 N–H and O–H groups in total. The molecule has 3 aliphatic heterocycles. The van der Waals surface area contributed by atoms with Crippen molar-refractivity contribution in [3.05, 3.63) is 95.6 Å². The molecule has 0 aromatic heterocycles. The lowest BCUT2D eigenvalue weighted by atomic mass is 9.70. The summed E-state index contributed by atoms with van der Waals surface area (Å²) in [5.74, 6) is 3.13. The van der Waals surface area contributed by atoms with E-state index in [1.165, 1.54) is 47.5 Å². The van der Waals surface area contributed by atoms with E-state index in [4.69, 9.17) is 4.74 Å². The molecule has 0 aliphatic carbocycles. The average Bonchev–Trinajstić information content (AvgIpc) is 2.90. The smallest absolute Gasteiger partial charge is 0.123 e. The number of piperidine rings is 3. The normalized spacial score (nSPS) is 23.2. The number of nitrogens with zero attached hydrogens (tertiary/aromatic N) is 1. The Bertz CT molecular complexity index is 1020. The number of ether oxygens (including phenoxy) is 1. The molecule has 3 heterocycles. The maximum atomic E-state index is 5.73. The zero-order valence-corrected chi connectivity index (χ0v) is 22.4. The summed E-state index contributed by atoms with van der Waals surface area (Å²) in [5.41, 5.74) is 4.08. The molecule has 3 saturated heterocycles. The first kappa shape index (κ1) is 26.1. The minimum atomic E-state index is 0. The molecule has 0 amide bonds. The van der Waals surface area contributed by atoms with Crippen molar-refractivity contribution in [2.75, 3.05) is 26.0 Å². The molecule has 0 spiro atoms. The molecule has 3 aliphatic rings. The number of methoxy groups -OCH3 is 1. The van der Waals surface area contributed by atoms with Gasteiger partial charge < -0.3 is 10.1 Å². The van der Waals surface area contributed by atoms with Crippen molar-refractivity contribution in [2.24, 2.45) is 5.92 Å². The predicted molar refractivity (Wildman–Crippen MR) is 150 cm³/mol. The van der Waals surface area contributed by atoms with Crippen LogP contribution in [-0.4, -0.2) is 42.9 Å². The lowest BCUT2D eigenvalue weighted by molar-refractivity contribution is 0.00461. The molecule has 3 aromatic carbocycles. The van der Waals surface area contributed by atoms with Crippen molar-refractivity contribution < 1.29 is 4.74 Å². The molecule has 2 atom stereocenters. The fourth-order valence-corrected chi connectivity index (χ4v) is 6.80. The van der Waals surface area contributed by atoms with E-state index < -0.39 is 0 Å². The summed E-state index contributed by atoms with van der Waals surface area (Å²) in [4.78, 5) is 4.07. The molecule has 186 valence electrons. The Morgan fingerprint density at radius 1 is 0.943 bits per heavy atom. The molecular formula is C30H37ClN2OS. The fraction of sp³-hybridized carbons (Fsp3) is 0.400. The highest BCUT2D eigenvalue weighted by molar-refractivity contribution is 7.99. The van der Waals surface area contributed by atoms with Gasteiger partial charge in [0.15, 0.2) is 0 Å². The third-order valence-corrected chi connectivity index (χ3v) is 8.50. The van der Waals surface area contributed by atoms with Crippen molar-refractivity contribution in [1.29, 1.82) is 0 Å². The summed E-state index contributed by atoms with van der Waals surface area (Å²) in [5, 5.41) is 4.05. The first-order chi connectivity index (χ1) is 16.8. The number of nitrogens with one attached hydrogen (secondary N) is 1. The van der Waals surface area contributed by atoms with Gasteiger partial charge in [-0.25, -0.2) is 0 Å². The monoisotopic (exact) mass is 508 g/mol. The lowest BCUT2D eigenvalue weighted by Crippen LogP contribution is -2.64. The quantitative estimate of drug-likeness (QED) is 0.328. The zero-order valence-electron chi connectivity index (χ0n) is 20.7. The van der Waals surface area contributed by atoms with Crippen LogP contribution in [0, 0.1) is 5.92 Å². The standard InChI is InChI=1S/C30H36N2OS.ClH/c1-3-34-26-14-15-27(33-2)25(20-26)21-31-29-24-16-18-32(19-17-24)30(29)28(22-10-6-4-7-11-22)23-12-8-5-9-13-23;/h4-15,20,24,28-31H,3,16-19,21H2,1-2H3;1H/t29-,30-;/m0./s1. The van der Waals surface area contributed by atoms with Crippen molar-refractivity contribution in [1.82, 2.24) is 10.2 Å². The maximum Gasteiger partial charge on any atom is 0.123 e. The van der Waals surface area contributed by atoms with E-state index in [9.17, 15) is 0 Å². The van der Waals surface area contributed by atoms with Gasteiger partial charge in [0.1, 0.15) is 5.75 Å². The third kappa shape index (κ3) is 5.72. The second-order valence-corrected chi connectivity index (χ2v) is 10.8. The molecule has 0 saturated carbocycles. The van der Waals surface area contributed by atoms with Crippen LogP contribution in [0.2, 0.25) is 0 Å². The van der Waals surface area contributed by atoms with Gasteiger partial charge in [0.25, 0.3) is 0 Å². The highest BCUT2D eigenvalue weighted by atomic mass is 35.5. The molecule has 2 bridgehead atoms. The van der Waals surface area contributed by atoms with E-state index in [1.807, 2.05) is 11.8 Å². The summed E-state index contributed by atoms with van der Waals surface area (Å²) < 4.78 is 5.73. The molecular weight excluding hydrogens is 472 g/mol. The van der Waals surface area contributed by atoms with E-state index in [0.717, 1.165) is 18.0 Å². The van der Waals surface area contributed by atoms with Crippen LogP contribution in [0.4, 0.5) is 0 Å². The largest absolute Gasteiger partial charge is 0.496 e. The van der Waals surface area contributed by atoms with Gasteiger partial charge >= 0.3 is 0 Å². The van der Waals surface area contributed by atoms with Crippen LogP contribution < -0.4 is 10.1 Å². The van der Waals surface area contributed by atoms with Gasteiger partial charge in [-0.05, 0) is 66.9 Å². The summed E-state index contributed by atoms with van der Waals surface area (Å²) in [6.45, 7) is 5.45. The summed E-state index contributed by atoms with van der Waals surface area (Å²) in [6, 6.07) is 29.7. The van der Waals surface area contributed by atoms with Gasteiger partial charge in [0.2, 0.25) is 0 Å². The van der Waals surface area contributed by atoms with Crippen LogP contribution in [0.15, 0.2) is 83.8 Å². The van der Waals surface area contributed by atoms with Gasteiger partial charge in [0.05, 0.1) is 7.11 Å². The van der Waals surface area contributed by atoms with E-state index in [1.54, 1.807) is 7.11 Å². The topological polar surface area (TPSA) is 24.5 Å². The summed E-state index contributed by atoms with van der Waals surface area (Å²) in [6.07, 6.45) is 2.57. The van der Waals surface area contributed by atoms with E-state index in [-0.39, 0.29) is 12.4 Å². The number of benzene rings is 3. The Morgan fingerprint density at radius 2 is 1.57 bits per heavy atom. The Labute approximate surface area is 221 Å². The Kier molecular flexibility index (Phi) is 9.18. The average molecular weight is 509 g/mol. The molecule has 0 radical (unpaired) electrons. The van der Waals surface area contributed by atoms with Gasteiger partial charge in [-0.3, -0.25) is 4.90 Å². The SMILES string of the molecule is CCSc1ccc(OC)c(CN[C@H]2C3CCN(CC3)[C@H]2C(c2ccccc2)c2ccccc2)c1.Cl. The summed E-state index contributed by atoms with van der Waals surface area (Å²) >= 11 is 1.89. The molecule has 3 aromatic rings. The van der Waals surface area contributed by atoms with Crippen LogP contribution in [0.25, 0.3) is 0 Å². The fourth-order valence-electron chi connectivity index (χ4n) is 6.07. The van der Waals surface area contributed by atoms with Crippen LogP contribution in [0.5, 0.6) is 5.75 Å². The Balaban J connectivity index is 0.00000289. The van der Waals surface area contributed by atoms with E-state index >= 15 is 0 Å². The van der Waals surface area contributed by atoms with Crippen molar-refractivity contribution in [2.45, 2.75) is 49.2 Å². The lowest BCUT2D eigenvalue weighted by Gasteiger charge is -2.54. The molecule has 3 fully saturated rings. The van der Waals surface area contributed by atoms with Gasteiger partial charge in [-0.1, -0.05) is 67.6 Å². The highest BCUT2D eigenvalue weighted by Crippen LogP contribution is 2.42. The van der Waals surface area contributed by atoms with Crippen molar-refractivity contribution >= 4 is 24.2 Å². The Morgan fingerprint density at radius 3 is 2.14 bits per heavy atom. The zero-order chi connectivity index (χ0) is 23.3. The summed E-state index contributed by atoms with van der Waals surface area (Å²) in [7, 11) is 1.78. The maximum absolute atomic E-state index is 5.73. The highest BCUT2D eigenvalue weighted by Gasteiger charge is 2.46. The van der Waals surface area contributed by atoms with Crippen LogP contribution in [0.3, 0.4) is 0 Å².